The van der Waals surface area contributed by atoms with Gasteiger partial charge in [0.05, 0.1) is 5.52 Å². The van der Waals surface area contributed by atoms with Gasteiger partial charge in [-0.3, -0.25) is 0 Å². The second-order valence-electron chi connectivity index (χ2n) is 3.75. The minimum absolute atomic E-state index is 0.184. The topological polar surface area (TPSA) is 79.1 Å². The van der Waals surface area contributed by atoms with Crippen LogP contribution in [-0.4, -0.2) is 21.2 Å². The van der Waals surface area contributed by atoms with E-state index in [1.54, 1.807) is 18.3 Å². The molecule has 0 aliphatic rings. The summed E-state index contributed by atoms with van der Waals surface area (Å²) in [7, 11) is 0. The molecule has 1 aromatic carbocycles. The molecule has 2 aromatic heterocycles. The molecule has 3 aromatic rings. The van der Waals surface area contributed by atoms with E-state index in [1.165, 1.54) is 12.1 Å². The third-order valence-electron chi connectivity index (χ3n) is 2.66. The Kier molecular flexibility index (Phi) is 2.16. The van der Waals surface area contributed by atoms with Gasteiger partial charge in [-0.25, -0.2) is 9.18 Å². The van der Waals surface area contributed by atoms with E-state index < -0.39 is 5.97 Å². The highest BCUT2D eigenvalue weighted by molar-refractivity contribution is 5.95. The lowest BCUT2D eigenvalue weighted by Crippen LogP contribution is -1.94. The fraction of sp³-hybridized carbons (Fsp3) is 0. The van der Waals surface area contributed by atoms with Gasteiger partial charge in [-0.2, -0.15) is 0 Å². The number of rotatable bonds is 2. The van der Waals surface area contributed by atoms with Gasteiger partial charge < -0.3 is 14.6 Å². The molecule has 2 heterocycles. The van der Waals surface area contributed by atoms with E-state index in [2.05, 4.69) is 10.1 Å². The van der Waals surface area contributed by atoms with Gasteiger partial charge in [0.2, 0.25) is 0 Å². The molecular weight excluding hydrogens is 239 g/mol. The number of halogens is 1. The Balaban J connectivity index is 2.19. The lowest BCUT2D eigenvalue weighted by molar-refractivity contribution is 0.0686. The predicted molar refractivity (Wildman–Crippen MR) is 60.7 cm³/mol. The van der Waals surface area contributed by atoms with Crippen molar-refractivity contribution in [2.75, 3.05) is 0 Å². The van der Waals surface area contributed by atoms with Crippen molar-refractivity contribution < 1.29 is 18.8 Å². The monoisotopic (exact) mass is 246 g/mol. The normalized spacial score (nSPS) is 10.9. The largest absolute Gasteiger partial charge is 0.476 e. The van der Waals surface area contributed by atoms with Gasteiger partial charge in [-0.1, -0.05) is 17.3 Å². The van der Waals surface area contributed by atoms with Crippen LogP contribution in [0.15, 0.2) is 35.0 Å². The maximum absolute atomic E-state index is 13.5. The van der Waals surface area contributed by atoms with E-state index in [4.69, 9.17) is 9.63 Å². The molecule has 18 heavy (non-hydrogen) atoms. The zero-order valence-electron chi connectivity index (χ0n) is 8.98. The molecule has 0 aliphatic carbocycles. The van der Waals surface area contributed by atoms with Gasteiger partial charge >= 0.3 is 5.97 Å². The molecule has 6 heteroatoms. The number of nitrogens with one attached hydrogen (secondary N) is 1. The van der Waals surface area contributed by atoms with Crippen molar-refractivity contribution >= 4 is 16.9 Å². The van der Waals surface area contributed by atoms with Crippen molar-refractivity contribution in [3.05, 3.63) is 42.0 Å². The number of hydrogen-bond donors (Lipinski definition) is 2. The average molecular weight is 246 g/mol. The first kappa shape index (κ1) is 10.5. The van der Waals surface area contributed by atoms with Crippen LogP contribution in [0.4, 0.5) is 4.39 Å². The Hall–Kier alpha value is -2.63. The van der Waals surface area contributed by atoms with Gasteiger partial charge in [0.15, 0.2) is 11.5 Å². The molecule has 5 nitrogen and oxygen atoms in total. The van der Waals surface area contributed by atoms with E-state index in [9.17, 15) is 9.18 Å². The summed E-state index contributed by atoms with van der Waals surface area (Å²) in [4.78, 5) is 13.5. The molecule has 0 amide bonds. The molecule has 0 atom stereocenters. The highest BCUT2D eigenvalue weighted by Crippen LogP contribution is 2.30. The van der Waals surface area contributed by atoms with E-state index in [1.807, 2.05) is 0 Å². The summed E-state index contributed by atoms with van der Waals surface area (Å²) in [6, 6.07) is 5.93. The van der Waals surface area contributed by atoms with Crippen LogP contribution in [-0.2, 0) is 0 Å². The predicted octanol–water partition coefficient (Wildman–Crippen LogP) is 2.66. The first-order valence-corrected chi connectivity index (χ1v) is 5.13. The van der Waals surface area contributed by atoms with Crippen molar-refractivity contribution in [3.8, 4) is 11.3 Å². The van der Waals surface area contributed by atoms with Crippen LogP contribution in [0, 0.1) is 5.82 Å². The standard InChI is InChI=1S/C12H7FN2O3/c13-8-3-1-2-6-7(5-14-11(6)8)10-4-9(12(16)17)15-18-10/h1-5,14H,(H,16,17). The molecule has 0 saturated carbocycles. The minimum atomic E-state index is -1.17. The molecule has 0 radical (unpaired) electrons. The zero-order valence-corrected chi connectivity index (χ0v) is 8.98. The van der Waals surface area contributed by atoms with Crippen LogP contribution in [0.3, 0.4) is 0 Å². The second-order valence-corrected chi connectivity index (χ2v) is 3.75. The van der Waals surface area contributed by atoms with E-state index in [-0.39, 0.29) is 17.3 Å². The van der Waals surface area contributed by atoms with Crippen molar-refractivity contribution in [1.29, 1.82) is 0 Å². The number of fused-ring (bicyclic) bond motifs is 1. The third kappa shape index (κ3) is 1.46. The lowest BCUT2D eigenvalue weighted by Gasteiger charge is -1.93. The Bertz CT molecular complexity index is 745. The van der Waals surface area contributed by atoms with Crippen molar-refractivity contribution in [2.45, 2.75) is 0 Å². The number of carbonyl (C=O) groups is 1. The Labute approximate surface area is 99.8 Å². The number of carboxylic acid groups (broad SMARTS) is 1. The van der Waals surface area contributed by atoms with Crippen LogP contribution in [0.25, 0.3) is 22.2 Å². The van der Waals surface area contributed by atoms with Crippen LogP contribution < -0.4 is 0 Å². The van der Waals surface area contributed by atoms with Crippen molar-refractivity contribution in [1.82, 2.24) is 10.1 Å². The molecule has 0 bridgehead atoms. The van der Waals surface area contributed by atoms with E-state index in [0.717, 1.165) is 0 Å². The van der Waals surface area contributed by atoms with E-state index in [0.29, 0.717) is 16.5 Å². The molecular formula is C12H7FN2O3. The highest BCUT2D eigenvalue weighted by atomic mass is 19.1. The molecule has 0 aliphatic heterocycles. The summed E-state index contributed by atoms with van der Waals surface area (Å²) in [5.74, 6) is -1.27. The molecule has 0 unspecified atom stereocenters. The minimum Gasteiger partial charge on any atom is -0.476 e. The highest BCUT2D eigenvalue weighted by Gasteiger charge is 2.16. The molecule has 90 valence electrons. The Morgan fingerprint density at radius 1 is 1.44 bits per heavy atom. The van der Waals surface area contributed by atoms with Gasteiger partial charge in [-0.05, 0) is 6.07 Å². The van der Waals surface area contributed by atoms with Gasteiger partial charge in [0, 0.05) is 23.2 Å². The fourth-order valence-electron chi connectivity index (χ4n) is 1.82. The number of aromatic nitrogens is 2. The summed E-state index contributed by atoms with van der Waals surface area (Å²) in [5.41, 5.74) is 0.737. The quantitative estimate of drug-likeness (QED) is 0.728. The molecule has 0 fully saturated rings. The van der Waals surface area contributed by atoms with Crippen molar-refractivity contribution in [2.24, 2.45) is 0 Å². The maximum Gasteiger partial charge on any atom is 0.358 e. The number of nitrogens with zero attached hydrogens (tertiary/aromatic N) is 1. The first-order chi connectivity index (χ1) is 8.66. The molecule has 3 rings (SSSR count). The number of H-pyrrole nitrogens is 1. The van der Waals surface area contributed by atoms with Crippen molar-refractivity contribution in [3.63, 3.8) is 0 Å². The van der Waals surface area contributed by atoms with Crippen LogP contribution in [0.5, 0.6) is 0 Å². The molecule has 2 N–H and O–H groups in total. The molecule has 0 spiro atoms. The van der Waals surface area contributed by atoms with Crippen LogP contribution in [0.2, 0.25) is 0 Å². The van der Waals surface area contributed by atoms with Gasteiger partial charge in [0.25, 0.3) is 0 Å². The summed E-state index contributed by atoms with van der Waals surface area (Å²) in [5, 5.41) is 12.8. The second kappa shape index (κ2) is 3.69. The Morgan fingerprint density at radius 3 is 3.00 bits per heavy atom. The SMILES string of the molecule is O=C(O)c1cc(-c2c[nH]c3c(F)cccc23)on1. The smallest absolute Gasteiger partial charge is 0.358 e. The maximum atomic E-state index is 13.5. The summed E-state index contributed by atoms with van der Waals surface area (Å²) >= 11 is 0. The zero-order chi connectivity index (χ0) is 12.7. The number of aromatic amines is 1. The Morgan fingerprint density at radius 2 is 2.28 bits per heavy atom. The van der Waals surface area contributed by atoms with Gasteiger partial charge in [0.1, 0.15) is 5.82 Å². The summed E-state index contributed by atoms with van der Waals surface area (Å²) in [6.45, 7) is 0. The lowest BCUT2D eigenvalue weighted by atomic mass is 10.1. The third-order valence-corrected chi connectivity index (χ3v) is 2.66. The average Bonchev–Trinajstić information content (AvgIpc) is 2.94. The number of benzene rings is 1. The number of carboxylic acids is 1. The van der Waals surface area contributed by atoms with Crippen LogP contribution >= 0.6 is 0 Å². The number of para-hydroxylation sites is 1. The summed E-state index contributed by atoms with van der Waals surface area (Å²) < 4.78 is 18.4. The number of hydrogen-bond acceptors (Lipinski definition) is 3. The number of aromatic carboxylic acids is 1. The first-order valence-electron chi connectivity index (χ1n) is 5.13. The van der Waals surface area contributed by atoms with E-state index >= 15 is 0 Å². The summed E-state index contributed by atoms with van der Waals surface area (Å²) in [6.07, 6.45) is 1.56. The fourth-order valence-corrected chi connectivity index (χ4v) is 1.82. The molecule has 0 saturated heterocycles. The van der Waals surface area contributed by atoms with Crippen LogP contribution in [0.1, 0.15) is 10.5 Å². The van der Waals surface area contributed by atoms with Gasteiger partial charge in [-0.15, -0.1) is 0 Å².